The van der Waals surface area contributed by atoms with E-state index in [4.69, 9.17) is 17.3 Å². The van der Waals surface area contributed by atoms with Crippen LogP contribution in [0.5, 0.6) is 0 Å². The number of benzene rings is 2. The van der Waals surface area contributed by atoms with Gasteiger partial charge in [-0.05, 0) is 35.2 Å². The molecule has 0 spiro atoms. The third-order valence-electron chi connectivity index (χ3n) is 3.53. The molecule has 3 aromatic rings. The molecule has 3 nitrogen and oxygen atoms in total. The zero-order chi connectivity index (χ0) is 16.4. The molecule has 0 aliphatic carbocycles. The van der Waals surface area contributed by atoms with Crippen LogP contribution in [0, 0.1) is 22.7 Å². The molecule has 0 fully saturated rings. The summed E-state index contributed by atoms with van der Waals surface area (Å²) in [7, 11) is 0. The fourth-order valence-corrected chi connectivity index (χ4v) is 3.30. The molecule has 0 saturated carbocycles. The summed E-state index contributed by atoms with van der Waals surface area (Å²) in [6, 6.07) is 17.1. The van der Waals surface area contributed by atoms with Gasteiger partial charge in [0.1, 0.15) is 12.1 Å². The standard InChI is InChI=1S/C18H10ClN3S/c19-12-5-3-11(4-6-12)13-8-14(17-2-1-7-23-17)16(10-21)18(22)15(13)9-20/h1-8H,22H2. The lowest BCUT2D eigenvalue weighted by molar-refractivity contribution is 1.44. The monoisotopic (exact) mass is 335 g/mol. The smallest absolute Gasteiger partial charge is 0.102 e. The predicted molar refractivity (Wildman–Crippen MR) is 94.0 cm³/mol. The molecule has 1 heterocycles. The van der Waals surface area contributed by atoms with Crippen LogP contribution in [0.1, 0.15) is 11.1 Å². The van der Waals surface area contributed by atoms with Crippen LogP contribution in [0.3, 0.4) is 0 Å². The Morgan fingerprint density at radius 3 is 2.17 bits per heavy atom. The van der Waals surface area contributed by atoms with Crippen LogP contribution < -0.4 is 5.73 Å². The van der Waals surface area contributed by atoms with Crippen LogP contribution in [0.2, 0.25) is 5.02 Å². The van der Waals surface area contributed by atoms with Gasteiger partial charge in [-0.15, -0.1) is 11.3 Å². The minimum Gasteiger partial charge on any atom is -0.397 e. The van der Waals surface area contributed by atoms with Gasteiger partial charge in [0.05, 0.1) is 16.8 Å². The molecule has 0 bridgehead atoms. The average molecular weight is 336 g/mol. The second-order valence-electron chi connectivity index (χ2n) is 4.84. The average Bonchev–Trinajstić information content (AvgIpc) is 3.09. The Morgan fingerprint density at radius 1 is 0.957 bits per heavy atom. The molecule has 2 N–H and O–H groups in total. The van der Waals surface area contributed by atoms with Crippen molar-refractivity contribution in [2.45, 2.75) is 0 Å². The maximum atomic E-state index is 9.49. The van der Waals surface area contributed by atoms with E-state index in [2.05, 4.69) is 12.1 Å². The van der Waals surface area contributed by atoms with Gasteiger partial charge in [-0.1, -0.05) is 29.8 Å². The number of hydrogen-bond acceptors (Lipinski definition) is 4. The van der Waals surface area contributed by atoms with Gasteiger partial charge in [0, 0.05) is 21.0 Å². The summed E-state index contributed by atoms with van der Waals surface area (Å²) in [5, 5.41) is 21.5. The molecule has 110 valence electrons. The van der Waals surface area contributed by atoms with Gasteiger partial charge in [-0.3, -0.25) is 0 Å². The second kappa shape index (κ2) is 6.14. The van der Waals surface area contributed by atoms with E-state index in [0.29, 0.717) is 21.7 Å². The van der Waals surface area contributed by atoms with E-state index < -0.39 is 0 Å². The van der Waals surface area contributed by atoms with Crippen molar-refractivity contribution in [3.63, 3.8) is 0 Å². The maximum Gasteiger partial charge on any atom is 0.102 e. The Hall–Kier alpha value is -2.79. The van der Waals surface area contributed by atoms with Gasteiger partial charge < -0.3 is 5.73 Å². The van der Waals surface area contributed by atoms with Crippen molar-refractivity contribution in [3.8, 4) is 33.7 Å². The molecule has 5 heteroatoms. The molecule has 0 aliphatic heterocycles. The van der Waals surface area contributed by atoms with Crippen LogP contribution in [0.25, 0.3) is 21.6 Å². The Bertz CT molecular complexity index is 946. The first-order valence-electron chi connectivity index (χ1n) is 6.72. The summed E-state index contributed by atoms with van der Waals surface area (Å²) in [5.41, 5.74) is 9.24. The van der Waals surface area contributed by atoms with Crippen molar-refractivity contribution >= 4 is 28.6 Å². The molecule has 0 saturated heterocycles. The molecule has 0 radical (unpaired) electrons. The number of hydrogen-bond donors (Lipinski definition) is 1. The highest BCUT2D eigenvalue weighted by molar-refractivity contribution is 7.13. The third kappa shape index (κ3) is 2.66. The Kier molecular flexibility index (Phi) is 4.04. The van der Waals surface area contributed by atoms with Crippen molar-refractivity contribution in [3.05, 3.63) is 64.0 Å². The number of rotatable bonds is 2. The normalized spacial score (nSPS) is 10.0. The number of thiophene rings is 1. The number of nitrogens with two attached hydrogens (primary N) is 1. The molecular weight excluding hydrogens is 326 g/mol. The number of nitrogen functional groups attached to an aromatic ring is 1. The summed E-state index contributed by atoms with van der Waals surface area (Å²) in [4.78, 5) is 0.938. The molecule has 0 atom stereocenters. The van der Waals surface area contributed by atoms with E-state index in [0.717, 1.165) is 16.0 Å². The number of nitriles is 2. The highest BCUT2D eigenvalue weighted by atomic mass is 35.5. The SMILES string of the molecule is N#Cc1c(-c2ccc(Cl)cc2)cc(-c2cccs2)c(C#N)c1N. The number of anilines is 1. The molecule has 1 aromatic heterocycles. The zero-order valence-corrected chi connectivity index (χ0v) is 13.4. The van der Waals surface area contributed by atoms with Gasteiger partial charge in [-0.2, -0.15) is 10.5 Å². The second-order valence-corrected chi connectivity index (χ2v) is 6.23. The summed E-state index contributed by atoms with van der Waals surface area (Å²) in [5.74, 6) is 0. The Labute approximate surface area is 142 Å². The summed E-state index contributed by atoms with van der Waals surface area (Å²) < 4.78 is 0. The Morgan fingerprint density at radius 2 is 1.61 bits per heavy atom. The van der Waals surface area contributed by atoms with Crippen molar-refractivity contribution in [2.24, 2.45) is 0 Å². The van der Waals surface area contributed by atoms with Crippen LogP contribution in [0.4, 0.5) is 5.69 Å². The summed E-state index contributed by atoms with van der Waals surface area (Å²) in [6.07, 6.45) is 0. The molecule has 0 amide bonds. The van der Waals surface area contributed by atoms with E-state index in [9.17, 15) is 10.5 Å². The van der Waals surface area contributed by atoms with E-state index in [1.165, 1.54) is 11.3 Å². The minimum atomic E-state index is 0.214. The molecular formula is C18H10ClN3S. The van der Waals surface area contributed by atoms with Gasteiger partial charge in [0.2, 0.25) is 0 Å². The molecule has 23 heavy (non-hydrogen) atoms. The fraction of sp³-hybridized carbons (Fsp3) is 0. The first kappa shape index (κ1) is 15.1. The fourth-order valence-electron chi connectivity index (χ4n) is 2.43. The van der Waals surface area contributed by atoms with Gasteiger partial charge in [0.15, 0.2) is 0 Å². The lowest BCUT2D eigenvalue weighted by Gasteiger charge is -2.13. The van der Waals surface area contributed by atoms with Crippen LogP contribution >= 0.6 is 22.9 Å². The van der Waals surface area contributed by atoms with E-state index in [1.54, 1.807) is 12.1 Å². The highest BCUT2D eigenvalue weighted by Crippen LogP contribution is 2.38. The first-order valence-corrected chi connectivity index (χ1v) is 7.98. The Balaban J connectivity index is 2.34. The van der Waals surface area contributed by atoms with Crippen molar-refractivity contribution in [1.82, 2.24) is 0 Å². The topological polar surface area (TPSA) is 73.6 Å². The van der Waals surface area contributed by atoms with Gasteiger partial charge in [-0.25, -0.2) is 0 Å². The lowest BCUT2D eigenvalue weighted by Crippen LogP contribution is -2.00. The third-order valence-corrected chi connectivity index (χ3v) is 4.69. The number of halogens is 1. The zero-order valence-electron chi connectivity index (χ0n) is 11.9. The molecule has 0 unspecified atom stereocenters. The highest BCUT2D eigenvalue weighted by Gasteiger charge is 2.18. The quantitative estimate of drug-likeness (QED) is 0.665. The minimum absolute atomic E-state index is 0.214. The molecule has 3 rings (SSSR count). The summed E-state index contributed by atoms with van der Waals surface area (Å²) >= 11 is 7.46. The number of nitrogens with zero attached hydrogens (tertiary/aromatic N) is 2. The lowest BCUT2D eigenvalue weighted by atomic mass is 9.92. The van der Waals surface area contributed by atoms with Crippen molar-refractivity contribution < 1.29 is 0 Å². The summed E-state index contributed by atoms with van der Waals surface area (Å²) in [6.45, 7) is 0. The van der Waals surface area contributed by atoms with Gasteiger partial charge >= 0.3 is 0 Å². The van der Waals surface area contributed by atoms with Crippen LogP contribution in [0.15, 0.2) is 47.8 Å². The van der Waals surface area contributed by atoms with E-state index >= 15 is 0 Å². The van der Waals surface area contributed by atoms with Crippen LogP contribution in [-0.4, -0.2) is 0 Å². The van der Waals surface area contributed by atoms with Crippen LogP contribution in [-0.2, 0) is 0 Å². The van der Waals surface area contributed by atoms with Gasteiger partial charge in [0.25, 0.3) is 0 Å². The van der Waals surface area contributed by atoms with Crippen molar-refractivity contribution in [2.75, 3.05) is 5.73 Å². The molecule has 0 aliphatic rings. The predicted octanol–water partition coefficient (Wildman–Crippen LogP) is 5.06. The largest absolute Gasteiger partial charge is 0.397 e. The first-order chi connectivity index (χ1) is 11.2. The van der Waals surface area contributed by atoms with E-state index in [-0.39, 0.29) is 5.69 Å². The van der Waals surface area contributed by atoms with Crippen molar-refractivity contribution in [1.29, 1.82) is 10.5 Å². The van der Waals surface area contributed by atoms with E-state index in [1.807, 2.05) is 35.7 Å². The maximum absolute atomic E-state index is 9.49. The molecule has 2 aromatic carbocycles.